The molecule has 0 spiro atoms. The molecule has 0 aromatic carbocycles. The van der Waals surface area contributed by atoms with Gasteiger partial charge in [0.1, 0.15) is 6.33 Å². The van der Waals surface area contributed by atoms with E-state index in [0.717, 1.165) is 12.0 Å². The predicted molar refractivity (Wildman–Crippen MR) is 50.4 cm³/mol. The van der Waals surface area contributed by atoms with Crippen LogP contribution in [0.4, 0.5) is 0 Å². The van der Waals surface area contributed by atoms with Crippen LogP contribution in [0.5, 0.6) is 0 Å². The van der Waals surface area contributed by atoms with Crippen LogP contribution in [0.2, 0.25) is 0 Å². The molecule has 0 fully saturated rings. The number of hydrogen-bond acceptors (Lipinski definition) is 3. The highest BCUT2D eigenvalue weighted by atomic mass is 16.1. The number of aromatic nitrogens is 2. The number of nitrogens with zero attached hydrogens (tertiary/aromatic N) is 2. The van der Waals surface area contributed by atoms with Crippen molar-refractivity contribution < 1.29 is 4.79 Å². The number of allylic oxidation sites excluding steroid dienone is 2. The van der Waals surface area contributed by atoms with Crippen molar-refractivity contribution in [1.82, 2.24) is 9.97 Å². The number of rotatable bonds is 3. The second kappa shape index (κ2) is 4.50. The first kappa shape index (κ1) is 9.58. The van der Waals surface area contributed by atoms with Gasteiger partial charge in [-0.15, -0.1) is 0 Å². The summed E-state index contributed by atoms with van der Waals surface area (Å²) in [5, 5.41) is 0. The van der Waals surface area contributed by atoms with Gasteiger partial charge in [-0.05, 0) is 18.9 Å². The maximum absolute atomic E-state index is 11.7. The first-order valence-electron chi connectivity index (χ1n) is 4.24. The Morgan fingerprint density at radius 2 is 2.08 bits per heavy atom. The minimum atomic E-state index is 0.0191. The standard InChI is InChI=1S/C10H12N2O/c1-3-8(4-2)10(13)9-5-11-7-12-6-9/h3,5-7H,4H2,1-2H3/b8-3+. The molecule has 68 valence electrons. The largest absolute Gasteiger partial charge is 0.289 e. The van der Waals surface area contributed by atoms with Gasteiger partial charge in [0, 0.05) is 12.4 Å². The van der Waals surface area contributed by atoms with Gasteiger partial charge in [0.2, 0.25) is 0 Å². The van der Waals surface area contributed by atoms with Crippen molar-refractivity contribution in [3.63, 3.8) is 0 Å². The molecule has 0 radical (unpaired) electrons. The van der Waals surface area contributed by atoms with Crippen LogP contribution >= 0.6 is 0 Å². The zero-order valence-corrected chi connectivity index (χ0v) is 7.82. The van der Waals surface area contributed by atoms with Crippen molar-refractivity contribution in [2.24, 2.45) is 0 Å². The lowest BCUT2D eigenvalue weighted by atomic mass is 10.0. The molecule has 0 unspecified atom stereocenters. The van der Waals surface area contributed by atoms with Crippen LogP contribution < -0.4 is 0 Å². The van der Waals surface area contributed by atoms with Gasteiger partial charge < -0.3 is 0 Å². The molecular formula is C10H12N2O. The minimum Gasteiger partial charge on any atom is -0.289 e. The molecule has 1 heterocycles. The summed E-state index contributed by atoms with van der Waals surface area (Å²) in [5.41, 5.74) is 1.35. The van der Waals surface area contributed by atoms with Crippen LogP contribution in [0.1, 0.15) is 30.6 Å². The average molecular weight is 176 g/mol. The van der Waals surface area contributed by atoms with Crippen LogP contribution in [-0.4, -0.2) is 15.8 Å². The molecule has 3 nitrogen and oxygen atoms in total. The maximum Gasteiger partial charge on any atom is 0.191 e. The van der Waals surface area contributed by atoms with Gasteiger partial charge in [0.25, 0.3) is 0 Å². The Kier molecular flexibility index (Phi) is 3.31. The fourth-order valence-electron chi connectivity index (χ4n) is 1.10. The molecule has 1 aromatic heterocycles. The quantitative estimate of drug-likeness (QED) is 0.522. The van der Waals surface area contributed by atoms with E-state index in [2.05, 4.69) is 9.97 Å². The highest BCUT2D eigenvalue weighted by Gasteiger charge is 2.09. The summed E-state index contributed by atoms with van der Waals surface area (Å²) in [6.07, 6.45) is 7.06. The second-order valence-corrected chi connectivity index (χ2v) is 2.62. The average Bonchev–Trinajstić information content (AvgIpc) is 2.21. The number of carbonyl (C=O) groups is 1. The smallest absolute Gasteiger partial charge is 0.191 e. The molecule has 3 heteroatoms. The monoisotopic (exact) mass is 176 g/mol. The first-order valence-corrected chi connectivity index (χ1v) is 4.24. The van der Waals surface area contributed by atoms with Crippen molar-refractivity contribution in [2.45, 2.75) is 20.3 Å². The molecule has 1 rings (SSSR count). The van der Waals surface area contributed by atoms with E-state index >= 15 is 0 Å². The Balaban J connectivity index is 2.92. The fraction of sp³-hybridized carbons (Fsp3) is 0.300. The van der Waals surface area contributed by atoms with Gasteiger partial charge in [0.15, 0.2) is 5.78 Å². The minimum absolute atomic E-state index is 0.0191. The third kappa shape index (κ3) is 2.21. The maximum atomic E-state index is 11.7. The van der Waals surface area contributed by atoms with Crippen LogP contribution in [0.25, 0.3) is 0 Å². The van der Waals surface area contributed by atoms with E-state index in [-0.39, 0.29) is 5.78 Å². The molecule has 13 heavy (non-hydrogen) atoms. The van der Waals surface area contributed by atoms with Crippen molar-refractivity contribution >= 4 is 5.78 Å². The number of Topliss-reactive ketones (excluding diaryl/α,β-unsaturated/α-hetero) is 1. The summed E-state index contributed by atoms with van der Waals surface area (Å²) >= 11 is 0. The van der Waals surface area contributed by atoms with Gasteiger partial charge in [-0.25, -0.2) is 9.97 Å². The summed E-state index contributed by atoms with van der Waals surface area (Å²) in [6, 6.07) is 0. The summed E-state index contributed by atoms with van der Waals surface area (Å²) < 4.78 is 0. The van der Waals surface area contributed by atoms with Crippen molar-refractivity contribution in [2.75, 3.05) is 0 Å². The Hall–Kier alpha value is -1.51. The predicted octanol–water partition coefficient (Wildman–Crippen LogP) is 2.02. The third-order valence-corrected chi connectivity index (χ3v) is 1.84. The van der Waals surface area contributed by atoms with Gasteiger partial charge in [-0.2, -0.15) is 0 Å². The molecule has 0 aliphatic heterocycles. The third-order valence-electron chi connectivity index (χ3n) is 1.84. The molecule has 1 aromatic rings. The van der Waals surface area contributed by atoms with Gasteiger partial charge in [-0.1, -0.05) is 13.0 Å². The lowest BCUT2D eigenvalue weighted by Crippen LogP contribution is -2.03. The first-order chi connectivity index (χ1) is 6.29. The van der Waals surface area contributed by atoms with Gasteiger partial charge in [-0.3, -0.25) is 4.79 Å². The molecular weight excluding hydrogens is 164 g/mol. The SMILES string of the molecule is C/C=C(\CC)C(=O)c1cncnc1. The van der Waals surface area contributed by atoms with E-state index in [0.29, 0.717) is 5.56 Å². The topological polar surface area (TPSA) is 42.9 Å². The van der Waals surface area contributed by atoms with Crippen molar-refractivity contribution in [3.8, 4) is 0 Å². The second-order valence-electron chi connectivity index (χ2n) is 2.62. The van der Waals surface area contributed by atoms with E-state index in [1.54, 1.807) is 0 Å². The van der Waals surface area contributed by atoms with Crippen LogP contribution in [0.15, 0.2) is 30.4 Å². The van der Waals surface area contributed by atoms with E-state index in [4.69, 9.17) is 0 Å². The molecule has 0 bridgehead atoms. The Morgan fingerprint density at radius 3 is 2.54 bits per heavy atom. The van der Waals surface area contributed by atoms with Crippen LogP contribution in [0, 0.1) is 0 Å². The van der Waals surface area contributed by atoms with E-state index in [9.17, 15) is 4.79 Å². The molecule has 0 saturated carbocycles. The summed E-state index contributed by atoms with van der Waals surface area (Å²) in [7, 11) is 0. The summed E-state index contributed by atoms with van der Waals surface area (Å²) in [5.74, 6) is 0.0191. The number of carbonyl (C=O) groups excluding carboxylic acids is 1. The lowest BCUT2D eigenvalue weighted by Gasteiger charge is -2.00. The number of hydrogen-bond donors (Lipinski definition) is 0. The van der Waals surface area contributed by atoms with E-state index < -0.39 is 0 Å². The van der Waals surface area contributed by atoms with E-state index in [1.807, 2.05) is 19.9 Å². The van der Waals surface area contributed by atoms with Crippen LogP contribution in [0.3, 0.4) is 0 Å². The van der Waals surface area contributed by atoms with Gasteiger partial charge in [0.05, 0.1) is 5.56 Å². The molecule has 0 atom stereocenters. The summed E-state index contributed by atoms with van der Waals surface area (Å²) in [6.45, 7) is 3.82. The Bertz CT molecular complexity index is 317. The molecule has 0 aliphatic rings. The highest BCUT2D eigenvalue weighted by molar-refractivity contribution is 6.08. The Labute approximate surface area is 77.5 Å². The highest BCUT2D eigenvalue weighted by Crippen LogP contribution is 2.08. The van der Waals surface area contributed by atoms with Crippen LogP contribution in [-0.2, 0) is 0 Å². The normalized spacial score (nSPS) is 11.4. The zero-order chi connectivity index (χ0) is 9.68. The molecule has 0 N–H and O–H groups in total. The number of ketones is 1. The molecule has 0 amide bonds. The fourth-order valence-corrected chi connectivity index (χ4v) is 1.10. The lowest BCUT2D eigenvalue weighted by molar-refractivity contribution is 0.103. The molecule has 0 saturated heterocycles. The van der Waals surface area contributed by atoms with E-state index in [1.165, 1.54) is 18.7 Å². The van der Waals surface area contributed by atoms with Crippen molar-refractivity contribution in [1.29, 1.82) is 0 Å². The Morgan fingerprint density at radius 1 is 1.46 bits per heavy atom. The summed E-state index contributed by atoms with van der Waals surface area (Å²) in [4.78, 5) is 19.3. The zero-order valence-electron chi connectivity index (χ0n) is 7.82. The van der Waals surface area contributed by atoms with Crippen molar-refractivity contribution in [3.05, 3.63) is 35.9 Å². The molecule has 0 aliphatic carbocycles. The van der Waals surface area contributed by atoms with Gasteiger partial charge >= 0.3 is 0 Å².